The van der Waals surface area contributed by atoms with Gasteiger partial charge in [0.1, 0.15) is 0 Å². The third-order valence-electron chi connectivity index (χ3n) is 7.00. The molecule has 5 aliphatic rings. The van der Waals surface area contributed by atoms with Gasteiger partial charge in [-0.1, -0.05) is 18.2 Å². The van der Waals surface area contributed by atoms with E-state index in [1.807, 2.05) is 20.8 Å². The minimum absolute atomic E-state index is 0.116. The van der Waals surface area contributed by atoms with Gasteiger partial charge in [-0.05, 0) is 71.1 Å². The molecule has 1 saturated carbocycles. The summed E-state index contributed by atoms with van der Waals surface area (Å²) in [6.45, 7) is 10.7. The number of nitrogens with one attached hydrogen (secondary N) is 2. The van der Waals surface area contributed by atoms with Crippen molar-refractivity contribution in [3.63, 3.8) is 0 Å². The van der Waals surface area contributed by atoms with E-state index in [4.69, 9.17) is 0 Å². The van der Waals surface area contributed by atoms with Gasteiger partial charge in [0.05, 0.1) is 6.54 Å². The Hall–Kier alpha value is -1.62. The Bertz CT molecular complexity index is 691. The predicted octanol–water partition coefficient (Wildman–Crippen LogP) is 3.13. The van der Waals surface area contributed by atoms with Crippen molar-refractivity contribution >= 4 is 11.8 Å². The lowest BCUT2D eigenvalue weighted by atomic mass is 9.64. The Labute approximate surface area is 169 Å². The van der Waals surface area contributed by atoms with E-state index < -0.39 is 0 Å². The first kappa shape index (κ1) is 19.7. The molecule has 28 heavy (non-hydrogen) atoms. The fourth-order valence-electron chi connectivity index (χ4n) is 5.74. The van der Waals surface area contributed by atoms with E-state index in [1.165, 1.54) is 12.0 Å². The molecular weight excluding hydrogens is 350 g/mol. The highest BCUT2D eigenvalue weighted by Crippen LogP contribution is 2.47. The Morgan fingerprint density at radius 1 is 1.14 bits per heavy atom. The number of allylic oxidation sites excluding steroid dienone is 3. The van der Waals surface area contributed by atoms with Crippen LogP contribution in [-0.2, 0) is 9.59 Å². The summed E-state index contributed by atoms with van der Waals surface area (Å²) in [4.78, 5) is 27.3. The van der Waals surface area contributed by atoms with Crippen molar-refractivity contribution in [3.8, 4) is 0 Å². The van der Waals surface area contributed by atoms with E-state index in [2.05, 4.69) is 28.2 Å². The van der Waals surface area contributed by atoms with Crippen LogP contribution in [0.15, 0.2) is 23.9 Å². The highest BCUT2D eigenvalue weighted by molar-refractivity contribution is 5.79. The maximum atomic E-state index is 12.6. The lowest BCUT2D eigenvalue weighted by Crippen LogP contribution is -2.51. The van der Waals surface area contributed by atoms with E-state index in [1.54, 1.807) is 0 Å². The molecule has 0 aromatic carbocycles. The minimum atomic E-state index is -0.187. The number of piperidine rings is 1. The number of amides is 2. The van der Waals surface area contributed by atoms with Crippen molar-refractivity contribution in [1.82, 2.24) is 15.5 Å². The number of hydrogen-bond donors (Lipinski definition) is 2. The van der Waals surface area contributed by atoms with Gasteiger partial charge in [0.25, 0.3) is 0 Å². The zero-order valence-electron chi connectivity index (χ0n) is 17.6. The second kappa shape index (κ2) is 7.33. The van der Waals surface area contributed by atoms with Crippen molar-refractivity contribution < 1.29 is 9.59 Å². The molecule has 2 N–H and O–H groups in total. The molecule has 0 spiro atoms. The number of carbonyl (C=O) groups excluding carboxylic acids is 2. The first-order valence-electron chi connectivity index (χ1n) is 10.9. The summed E-state index contributed by atoms with van der Waals surface area (Å²) < 4.78 is 0. The van der Waals surface area contributed by atoms with Crippen LogP contribution in [-0.4, -0.2) is 40.9 Å². The first-order valence-corrected chi connectivity index (χ1v) is 10.9. The fourth-order valence-corrected chi connectivity index (χ4v) is 5.74. The molecule has 5 atom stereocenters. The van der Waals surface area contributed by atoms with E-state index >= 15 is 0 Å². The minimum Gasteiger partial charge on any atom is -0.350 e. The van der Waals surface area contributed by atoms with Crippen LogP contribution in [0.4, 0.5) is 0 Å². The summed E-state index contributed by atoms with van der Waals surface area (Å²) in [5, 5.41) is 6.25. The summed E-state index contributed by atoms with van der Waals surface area (Å²) in [6, 6.07) is 0.902. The average Bonchev–Trinajstić information content (AvgIpc) is 2.82. The normalized spacial score (nSPS) is 34.5. The van der Waals surface area contributed by atoms with Gasteiger partial charge in [-0.25, -0.2) is 0 Å². The maximum Gasteiger partial charge on any atom is 0.234 e. The van der Waals surface area contributed by atoms with Crippen LogP contribution in [0.5, 0.6) is 0 Å². The molecule has 0 radical (unpaired) electrons. The van der Waals surface area contributed by atoms with Crippen molar-refractivity contribution in [2.45, 2.75) is 83.3 Å². The highest BCUT2D eigenvalue weighted by Gasteiger charge is 2.42. The van der Waals surface area contributed by atoms with Gasteiger partial charge >= 0.3 is 0 Å². The van der Waals surface area contributed by atoms with E-state index in [-0.39, 0.29) is 17.4 Å². The van der Waals surface area contributed by atoms with Crippen LogP contribution >= 0.6 is 0 Å². The molecule has 2 amide bonds. The lowest BCUT2D eigenvalue weighted by Gasteiger charge is -2.42. The summed E-state index contributed by atoms with van der Waals surface area (Å²) >= 11 is 0. The van der Waals surface area contributed by atoms with Gasteiger partial charge in [0, 0.05) is 35.7 Å². The second-order valence-electron chi connectivity index (χ2n) is 10.5. The lowest BCUT2D eigenvalue weighted by molar-refractivity contribution is -0.126. The molecule has 3 unspecified atom stereocenters. The van der Waals surface area contributed by atoms with Gasteiger partial charge < -0.3 is 10.6 Å². The molecule has 2 aliphatic heterocycles. The molecule has 4 bridgehead atoms. The molecule has 154 valence electrons. The first-order chi connectivity index (χ1) is 13.2. The standard InChI is InChI=1S/C23H35N3O2/c1-14-16-10-17(14)12-18(11-16)24-21(27)9-15-7-19-5-6-20(8-15)26(19)13-22(28)25-23(2,3)4/h11,15-17,19-20H,1,5-10,12-13H2,2-4H3,(H,24,27)(H,25,28)/t15?,16?,17?,19-,20+. The van der Waals surface area contributed by atoms with E-state index in [0.717, 1.165) is 37.8 Å². The fraction of sp³-hybridized carbons (Fsp3) is 0.739. The van der Waals surface area contributed by atoms with Crippen LogP contribution in [0.1, 0.15) is 65.7 Å². The number of rotatable bonds is 5. The largest absolute Gasteiger partial charge is 0.350 e. The van der Waals surface area contributed by atoms with Crippen molar-refractivity contribution in [2.24, 2.45) is 17.8 Å². The smallest absolute Gasteiger partial charge is 0.234 e. The van der Waals surface area contributed by atoms with Gasteiger partial charge in [-0.15, -0.1) is 0 Å². The van der Waals surface area contributed by atoms with Gasteiger partial charge in [-0.3, -0.25) is 14.5 Å². The molecule has 3 aliphatic carbocycles. The summed E-state index contributed by atoms with van der Waals surface area (Å²) in [7, 11) is 0. The third-order valence-corrected chi connectivity index (χ3v) is 7.00. The zero-order valence-corrected chi connectivity index (χ0v) is 17.6. The number of fused-ring (bicyclic) bond motifs is 3. The molecule has 5 rings (SSSR count). The Morgan fingerprint density at radius 2 is 1.82 bits per heavy atom. The summed E-state index contributed by atoms with van der Waals surface area (Å²) in [5.41, 5.74) is 2.27. The maximum absolute atomic E-state index is 12.6. The Kier molecular flexibility index (Phi) is 5.15. The van der Waals surface area contributed by atoms with Crippen LogP contribution < -0.4 is 10.6 Å². The molecule has 5 heteroatoms. The monoisotopic (exact) mass is 385 g/mol. The predicted molar refractivity (Wildman–Crippen MR) is 110 cm³/mol. The molecular formula is C23H35N3O2. The third kappa shape index (κ3) is 4.19. The number of hydrogen-bond acceptors (Lipinski definition) is 3. The zero-order chi connectivity index (χ0) is 20.1. The van der Waals surface area contributed by atoms with Crippen LogP contribution in [0.2, 0.25) is 0 Å². The van der Waals surface area contributed by atoms with Crippen molar-refractivity contribution in [3.05, 3.63) is 23.9 Å². The second-order valence-corrected chi connectivity index (χ2v) is 10.5. The van der Waals surface area contributed by atoms with Crippen molar-refractivity contribution in [1.29, 1.82) is 0 Å². The number of nitrogens with zero attached hydrogens (tertiary/aromatic N) is 1. The Balaban J connectivity index is 1.26. The van der Waals surface area contributed by atoms with Crippen LogP contribution in [0.25, 0.3) is 0 Å². The highest BCUT2D eigenvalue weighted by atomic mass is 16.2. The molecule has 0 aromatic heterocycles. The van der Waals surface area contributed by atoms with E-state index in [9.17, 15) is 9.59 Å². The van der Waals surface area contributed by atoms with Crippen LogP contribution in [0, 0.1) is 17.8 Å². The molecule has 2 heterocycles. The number of carbonyl (C=O) groups is 2. The van der Waals surface area contributed by atoms with Gasteiger partial charge in [0.2, 0.25) is 11.8 Å². The summed E-state index contributed by atoms with van der Waals surface area (Å²) in [6.07, 6.45) is 9.37. The summed E-state index contributed by atoms with van der Waals surface area (Å²) in [5.74, 6) is 1.80. The molecule has 5 nitrogen and oxygen atoms in total. The topological polar surface area (TPSA) is 61.4 Å². The van der Waals surface area contributed by atoms with Crippen LogP contribution in [0.3, 0.4) is 0 Å². The molecule has 3 fully saturated rings. The van der Waals surface area contributed by atoms with Crippen molar-refractivity contribution in [2.75, 3.05) is 6.54 Å². The SMILES string of the molecule is C=C1C2C=C(NC(=O)CC3C[C@H]4CC[C@@H](C3)N4CC(=O)NC(C)(C)C)CC1C2. The van der Waals surface area contributed by atoms with Gasteiger partial charge in [-0.2, -0.15) is 0 Å². The molecule has 0 aromatic rings. The average molecular weight is 386 g/mol. The quantitative estimate of drug-likeness (QED) is 0.715. The van der Waals surface area contributed by atoms with E-state index in [0.29, 0.717) is 42.8 Å². The van der Waals surface area contributed by atoms with Gasteiger partial charge in [0.15, 0.2) is 0 Å². The molecule has 2 saturated heterocycles. The Morgan fingerprint density at radius 3 is 2.36 bits per heavy atom.